The molecule has 19 heavy (non-hydrogen) atoms. The zero-order valence-corrected chi connectivity index (χ0v) is 12.4. The molecule has 106 valence electrons. The Morgan fingerprint density at radius 2 is 2.00 bits per heavy atom. The van der Waals surface area contributed by atoms with E-state index in [2.05, 4.69) is 19.2 Å². The van der Waals surface area contributed by atoms with Crippen molar-refractivity contribution in [2.24, 2.45) is 5.92 Å². The van der Waals surface area contributed by atoms with Gasteiger partial charge in [0, 0.05) is 25.7 Å². The molecule has 4 nitrogen and oxygen atoms in total. The van der Waals surface area contributed by atoms with Crippen LogP contribution in [0.5, 0.6) is 0 Å². The number of piperazine rings is 1. The van der Waals surface area contributed by atoms with Gasteiger partial charge >= 0.3 is 0 Å². The highest BCUT2D eigenvalue weighted by Crippen LogP contribution is 2.15. The van der Waals surface area contributed by atoms with Crippen molar-refractivity contribution < 1.29 is 8.42 Å². The Hall–Kier alpha value is -0.910. The van der Waals surface area contributed by atoms with E-state index in [-0.39, 0.29) is 11.8 Å². The van der Waals surface area contributed by atoms with Crippen LogP contribution in [0.15, 0.2) is 30.3 Å². The molecule has 0 aliphatic carbocycles. The summed E-state index contributed by atoms with van der Waals surface area (Å²) in [5.74, 6) is 0.535. The van der Waals surface area contributed by atoms with Crippen LogP contribution in [0, 0.1) is 5.92 Å². The van der Waals surface area contributed by atoms with Gasteiger partial charge in [-0.2, -0.15) is 4.31 Å². The van der Waals surface area contributed by atoms with Crippen molar-refractivity contribution in [2.45, 2.75) is 25.6 Å². The highest BCUT2D eigenvalue weighted by Gasteiger charge is 2.29. The van der Waals surface area contributed by atoms with Gasteiger partial charge in [0.1, 0.15) is 0 Å². The molecule has 1 unspecified atom stereocenters. The SMILES string of the molecule is CC(C)C1CN(S(=O)(=O)Cc2ccccc2)CCN1. The lowest BCUT2D eigenvalue weighted by molar-refractivity contribution is 0.256. The zero-order chi connectivity index (χ0) is 13.9. The Kier molecular flexibility index (Phi) is 4.60. The van der Waals surface area contributed by atoms with Crippen molar-refractivity contribution in [3.8, 4) is 0 Å². The Morgan fingerprint density at radius 1 is 1.32 bits per heavy atom. The molecular formula is C14H22N2O2S. The number of sulfonamides is 1. The van der Waals surface area contributed by atoms with Crippen LogP contribution in [-0.2, 0) is 15.8 Å². The quantitative estimate of drug-likeness (QED) is 0.909. The summed E-state index contributed by atoms with van der Waals surface area (Å²) in [6.45, 7) is 6.11. The third-order valence-corrected chi connectivity index (χ3v) is 5.37. The molecule has 0 spiro atoms. The maximum atomic E-state index is 12.4. The molecule has 1 aromatic rings. The summed E-state index contributed by atoms with van der Waals surface area (Å²) < 4.78 is 26.5. The molecule has 0 radical (unpaired) electrons. The van der Waals surface area contributed by atoms with E-state index in [0.29, 0.717) is 19.0 Å². The van der Waals surface area contributed by atoms with Gasteiger partial charge in [0.25, 0.3) is 0 Å². The Balaban J connectivity index is 2.07. The average Bonchev–Trinajstić information content (AvgIpc) is 2.39. The molecule has 1 aromatic carbocycles. The summed E-state index contributed by atoms with van der Waals surface area (Å²) >= 11 is 0. The molecule has 1 aliphatic rings. The third kappa shape index (κ3) is 3.78. The van der Waals surface area contributed by atoms with Crippen LogP contribution in [0.25, 0.3) is 0 Å². The third-order valence-electron chi connectivity index (χ3n) is 3.56. The molecule has 1 heterocycles. The second kappa shape index (κ2) is 6.03. The fraction of sp³-hybridized carbons (Fsp3) is 0.571. The molecule has 2 rings (SSSR count). The number of nitrogens with one attached hydrogen (secondary N) is 1. The predicted octanol–water partition coefficient (Wildman–Crippen LogP) is 1.45. The highest BCUT2D eigenvalue weighted by atomic mass is 32.2. The monoisotopic (exact) mass is 282 g/mol. The first-order chi connectivity index (χ1) is 8.99. The minimum atomic E-state index is -3.21. The summed E-state index contributed by atoms with van der Waals surface area (Å²) in [5, 5.41) is 3.38. The molecule has 1 aliphatic heterocycles. The molecule has 0 amide bonds. The van der Waals surface area contributed by atoms with Crippen LogP contribution in [0.4, 0.5) is 0 Å². The van der Waals surface area contributed by atoms with Crippen LogP contribution in [0.3, 0.4) is 0 Å². The summed E-state index contributed by atoms with van der Waals surface area (Å²) in [6.07, 6.45) is 0. The molecule has 5 heteroatoms. The molecule has 1 saturated heterocycles. The number of benzene rings is 1. The van der Waals surface area contributed by atoms with Crippen LogP contribution in [-0.4, -0.2) is 38.4 Å². The summed E-state index contributed by atoms with van der Waals surface area (Å²) in [6, 6.07) is 9.62. The lowest BCUT2D eigenvalue weighted by atomic mass is 10.0. The second-order valence-electron chi connectivity index (χ2n) is 5.40. The van der Waals surface area contributed by atoms with Gasteiger partial charge in [-0.1, -0.05) is 44.2 Å². The first-order valence-corrected chi connectivity index (χ1v) is 8.35. The van der Waals surface area contributed by atoms with Gasteiger partial charge in [0.05, 0.1) is 5.75 Å². The Morgan fingerprint density at radius 3 is 2.63 bits per heavy atom. The second-order valence-corrected chi connectivity index (χ2v) is 7.37. The first kappa shape index (κ1) is 14.5. The van der Waals surface area contributed by atoms with Crippen molar-refractivity contribution in [3.05, 3.63) is 35.9 Å². The standard InChI is InChI=1S/C14H22N2O2S/c1-12(2)14-10-16(9-8-15-14)19(17,18)11-13-6-4-3-5-7-13/h3-7,12,14-15H,8-11H2,1-2H3. The zero-order valence-electron chi connectivity index (χ0n) is 11.5. The lowest BCUT2D eigenvalue weighted by Gasteiger charge is -2.35. The van der Waals surface area contributed by atoms with Gasteiger partial charge < -0.3 is 5.32 Å². The van der Waals surface area contributed by atoms with Crippen LogP contribution < -0.4 is 5.32 Å². The largest absolute Gasteiger partial charge is 0.311 e. The van der Waals surface area contributed by atoms with Crippen LogP contribution >= 0.6 is 0 Å². The molecular weight excluding hydrogens is 260 g/mol. The van der Waals surface area contributed by atoms with E-state index in [1.807, 2.05) is 30.3 Å². The summed E-state index contributed by atoms with van der Waals surface area (Å²) in [7, 11) is -3.21. The van der Waals surface area contributed by atoms with Crippen LogP contribution in [0.2, 0.25) is 0 Å². The minimum absolute atomic E-state index is 0.0959. The number of hydrogen-bond donors (Lipinski definition) is 1. The Labute approximate surface area is 115 Å². The topological polar surface area (TPSA) is 49.4 Å². The van der Waals surface area contributed by atoms with Gasteiger partial charge in [-0.25, -0.2) is 8.42 Å². The van der Waals surface area contributed by atoms with E-state index in [1.165, 1.54) is 0 Å². The maximum absolute atomic E-state index is 12.4. The smallest absolute Gasteiger partial charge is 0.218 e. The fourth-order valence-corrected chi connectivity index (χ4v) is 3.88. The predicted molar refractivity (Wildman–Crippen MR) is 77.3 cm³/mol. The highest BCUT2D eigenvalue weighted by molar-refractivity contribution is 7.88. The minimum Gasteiger partial charge on any atom is -0.311 e. The van der Waals surface area contributed by atoms with Crippen molar-refractivity contribution in [1.82, 2.24) is 9.62 Å². The molecule has 0 bridgehead atoms. The lowest BCUT2D eigenvalue weighted by Crippen LogP contribution is -2.54. The molecule has 1 fully saturated rings. The maximum Gasteiger partial charge on any atom is 0.218 e. The van der Waals surface area contributed by atoms with E-state index in [0.717, 1.165) is 12.1 Å². The van der Waals surface area contributed by atoms with Gasteiger partial charge in [0.15, 0.2) is 0 Å². The first-order valence-electron chi connectivity index (χ1n) is 6.74. The van der Waals surface area contributed by atoms with Crippen molar-refractivity contribution in [2.75, 3.05) is 19.6 Å². The molecule has 0 aromatic heterocycles. The number of nitrogens with zero attached hydrogens (tertiary/aromatic N) is 1. The van der Waals surface area contributed by atoms with Crippen molar-refractivity contribution >= 4 is 10.0 Å². The fourth-order valence-electron chi connectivity index (χ4n) is 2.33. The molecule has 0 saturated carbocycles. The average molecular weight is 282 g/mol. The van der Waals surface area contributed by atoms with E-state index in [1.54, 1.807) is 4.31 Å². The van der Waals surface area contributed by atoms with Crippen molar-refractivity contribution in [1.29, 1.82) is 0 Å². The molecule has 1 N–H and O–H groups in total. The van der Waals surface area contributed by atoms with Crippen LogP contribution in [0.1, 0.15) is 19.4 Å². The summed E-state index contributed by atoms with van der Waals surface area (Å²) in [4.78, 5) is 0. The van der Waals surface area contributed by atoms with E-state index in [4.69, 9.17) is 0 Å². The Bertz CT molecular complexity index is 499. The number of hydrogen-bond acceptors (Lipinski definition) is 3. The van der Waals surface area contributed by atoms with E-state index in [9.17, 15) is 8.42 Å². The van der Waals surface area contributed by atoms with Gasteiger partial charge in [-0.15, -0.1) is 0 Å². The number of rotatable bonds is 4. The molecule has 1 atom stereocenters. The van der Waals surface area contributed by atoms with Gasteiger partial charge in [0.2, 0.25) is 10.0 Å². The van der Waals surface area contributed by atoms with E-state index >= 15 is 0 Å². The van der Waals surface area contributed by atoms with E-state index < -0.39 is 10.0 Å². The van der Waals surface area contributed by atoms with Crippen molar-refractivity contribution in [3.63, 3.8) is 0 Å². The normalized spacial score (nSPS) is 21.7. The summed E-state index contributed by atoms with van der Waals surface area (Å²) in [5.41, 5.74) is 0.849. The van der Waals surface area contributed by atoms with Gasteiger partial charge in [-0.05, 0) is 11.5 Å². The van der Waals surface area contributed by atoms with Gasteiger partial charge in [-0.3, -0.25) is 0 Å².